The summed E-state index contributed by atoms with van der Waals surface area (Å²) in [5.41, 5.74) is 1.80. The summed E-state index contributed by atoms with van der Waals surface area (Å²) in [6, 6.07) is 14.8. The molecule has 0 unspecified atom stereocenters. The Morgan fingerprint density at radius 1 is 1.15 bits per heavy atom. The number of carbonyl (C=O) groups excluding carboxylic acids is 1. The minimum Gasteiger partial charge on any atom is -0.497 e. The summed E-state index contributed by atoms with van der Waals surface area (Å²) in [7, 11) is 1.56. The monoisotopic (exact) mass is 356 g/mol. The number of nitrogens with zero attached hydrogens (tertiary/aromatic N) is 2. The maximum absolute atomic E-state index is 13.7. The minimum atomic E-state index is -0.853. The normalized spacial score (nSPS) is 10.4. The minimum absolute atomic E-state index is 0.0468. The number of carbonyl (C=O) groups is 1. The number of rotatable bonds is 5. The van der Waals surface area contributed by atoms with E-state index in [9.17, 15) is 9.18 Å². The Morgan fingerprint density at radius 3 is 2.69 bits per heavy atom. The highest BCUT2D eigenvalue weighted by Crippen LogP contribution is 2.29. The van der Waals surface area contributed by atoms with Gasteiger partial charge in [-0.3, -0.25) is 0 Å². The lowest BCUT2D eigenvalue weighted by Gasteiger charge is -2.09. The fourth-order valence-electron chi connectivity index (χ4n) is 2.43. The van der Waals surface area contributed by atoms with Crippen LogP contribution in [0.4, 0.5) is 9.18 Å². The van der Waals surface area contributed by atoms with E-state index >= 15 is 0 Å². The van der Waals surface area contributed by atoms with E-state index in [0.717, 1.165) is 0 Å². The van der Waals surface area contributed by atoms with Crippen LogP contribution in [0, 0.1) is 5.82 Å². The van der Waals surface area contributed by atoms with Crippen molar-refractivity contribution in [2.24, 2.45) is 0 Å². The summed E-state index contributed by atoms with van der Waals surface area (Å²) < 4.78 is 30.3. The molecule has 0 saturated heterocycles. The summed E-state index contributed by atoms with van der Waals surface area (Å²) >= 11 is 0. The van der Waals surface area contributed by atoms with E-state index in [2.05, 4.69) is 5.10 Å². The number of hydrogen-bond acceptors (Lipinski definition) is 5. The van der Waals surface area contributed by atoms with Crippen molar-refractivity contribution in [1.29, 1.82) is 0 Å². The molecule has 26 heavy (non-hydrogen) atoms. The van der Waals surface area contributed by atoms with Crippen LogP contribution < -0.4 is 9.47 Å². The van der Waals surface area contributed by atoms with Crippen LogP contribution in [0.15, 0.2) is 54.6 Å². The van der Waals surface area contributed by atoms with Crippen molar-refractivity contribution in [3.63, 3.8) is 0 Å². The smallest absolute Gasteiger partial charge is 0.497 e. The van der Waals surface area contributed by atoms with Gasteiger partial charge in [0.25, 0.3) is 0 Å². The van der Waals surface area contributed by atoms with Crippen LogP contribution >= 0.6 is 0 Å². The second-order valence-electron chi connectivity index (χ2n) is 5.28. The third-order valence-corrected chi connectivity index (χ3v) is 3.56. The van der Waals surface area contributed by atoms with Crippen molar-refractivity contribution >= 4 is 6.16 Å². The second kappa shape index (κ2) is 7.69. The van der Waals surface area contributed by atoms with Gasteiger partial charge in [-0.1, -0.05) is 18.2 Å². The molecule has 0 aliphatic heterocycles. The standard InChI is InChI=1S/C19H17FN2O4/c1-3-25-19(23)26-18-12-17(13-6-4-7-14(20)10-13)22(21-18)15-8-5-9-16(11-15)24-2/h4-12H,3H2,1-2H3. The van der Waals surface area contributed by atoms with Crippen molar-refractivity contribution in [2.75, 3.05) is 13.7 Å². The lowest BCUT2D eigenvalue weighted by Crippen LogP contribution is -2.10. The molecule has 0 saturated carbocycles. The SMILES string of the molecule is CCOC(=O)Oc1cc(-c2cccc(F)c2)n(-c2cccc(OC)c2)n1. The van der Waals surface area contributed by atoms with Gasteiger partial charge in [0.15, 0.2) is 0 Å². The maximum atomic E-state index is 13.7. The number of aromatic nitrogens is 2. The van der Waals surface area contributed by atoms with Crippen molar-refractivity contribution in [1.82, 2.24) is 9.78 Å². The molecular weight excluding hydrogens is 339 g/mol. The molecule has 1 aromatic heterocycles. The van der Waals surface area contributed by atoms with Gasteiger partial charge in [0.2, 0.25) is 5.88 Å². The van der Waals surface area contributed by atoms with Crippen LogP contribution in [0.1, 0.15) is 6.92 Å². The topological polar surface area (TPSA) is 62.6 Å². The number of benzene rings is 2. The first-order chi connectivity index (χ1) is 12.6. The first-order valence-electron chi connectivity index (χ1n) is 7.95. The molecular formula is C19H17FN2O4. The highest BCUT2D eigenvalue weighted by atomic mass is 19.1. The van der Waals surface area contributed by atoms with E-state index in [1.54, 1.807) is 55.1 Å². The van der Waals surface area contributed by atoms with E-state index < -0.39 is 6.16 Å². The number of halogens is 1. The van der Waals surface area contributed by atoms with Crippen molar-refractivity contribution < 1.29 is 23.4 Å². The van der Waals surface area contributed by atoms with E-state index in [0.29, 0.717) is 22.7 Å². The van der Waals surface area contributed by atoms with E-state index in [1.165, 1.54) is 12.1 Å². The van der Waals surface area contributed by atoms with Crippen LogP contribution in [0.3, 0.4) is 0 Å². The van der Waals surface area contributed by atoms with Gasteiger partial charge >= 0.3 is 6.16 Å². The maximum Gasteiger partial charge on any atom is 0.515 e. The van der Waals surface area contributed by atoms with Crippen LogP contribution in [0.2, 0.25) is 0 Å². The molecule has 2 aromatic carbocycles. The molecule has 0 bridgehead atoms. The van der Waals surface area contributed by atoms with E-state index in [4.69, 9.17) is 14.2 Å². The summed E-state index contributed by atoms with van der Waals surface area (Å²) in [5, 5.41) is 4.30. The Morgan fingerprint density at radius 2 is 1.96 bits per heavy atom. The molecule has 7 heteroatoms. The predicted octanol–water partition coefficient (Wildman–Crippen LogP) is 4.22. The molecule has 0 fully saturated rings. The fourth-order valence-corrected chi connectivity index (χ4v) is 2.43. The Kier molecular flexibility index (Phi) is 5.17. The van der Waals surface area contributed by atoms with Crippen LogP contribution in [0.25, 0.3) is 16.9 Å². The number of ether oxygens (including phenoxy) is 3. The summed E-state index contributed by atoms with van der Waals surface area (Å²) in [6.07, 6.45) is -0.853. The summed E-state index contributed by atoms with van der Waals surface area (Å²) in [4.78, 5) is 11.6. The van der Waals surface area contributed by atoms with Crippen LogP contribution in [-0.4, -0.2) is 29.7 Å². The average molecular weight is 356 g/mol. The van der Waals surface area contributed by atoms with Gasteiger partial charge in [-0.25, -0.2) is 13.9 Å². The molecule has 3 aromatic rings. The Bertz CT molecular complexity index is 923. The van der Waals surface area contributed by atoms with Gasteiger partial charge in [-0.2, -0.15) is 0 Å². The van der Waals surface area contributed by atoms with Gasteiger partial charge in [0.05, 0.1) is 25.1 Å². The van der Waals surface area contributed by atoms with Gasteiger partial charge in [0, 0.05) is 17.7 Å². The molecule has 0 N–H and O–H groups in total. The lowest BCUT2D eigenvalue weighted by atomic mass is 10.1. The highest BCUT2D eigenvalue weighted by Gasteiger charge is 2.16. The molecule has 0 aliphatic rings. The summed E-state index contributed by atoms with van der Waals surface area (Å²) in [5.74, 6) is 0.301. The highest BCUT2D eigenvalue weighted by molar-refractivity contribution is 5.67. The first-order valence-corrected chi connectivity index (χ1v) is 7.95. The third kappa shape index (κ3) is 3.83. The number of hydrogen-bond donors (Lipinski definition) is 0. The third-order valence-electron chi connectivity index (χ3n) is 3.56. The Hall–Kier alpha value is -3.35. The molecule has 1 heterocycles. The van der Waals surface area contributed by atoms with Crippen molar-refractivity contribution in [2.45, 2.75) is 6.92 Å². The van der Waals surface area contributed by atoms with Crippen molar-refractivity contribution in [3.05, 3.63) is 60.4 Å². The summed E-state index contributed by atoms with van der Waals surface area (Å²) in [6.45, 7) is 1.86. The molecule has 6 nitrogen and oxygen atoms in total. The molecule has 0 atom stereocenters. The Labute approximate surface area is 149 Å². The molecule has 0 amide bonds. The quantitative estimate of drug-likeness (QED) is 0.641. The van der Waals surface area contributed by atoms with Crippen LogP contribution in [-0.2, 0) is 4.74 Å². The lowest BCUT2D eigenvalue weighted by molar-refractivity contribution is 0.102. The predicted molar refractivity (Wildman–Crippen MR) is 93.2 cm³/mol. The molecule has 3 rings (SSSR count). The zero-order valence-corrected chi connectivity index (χ0v) is 14.3. The second-order valence-corrected chi connectivity index (χ2v) is 5.28. The van der Waals surface area contributed by atoms with Crippen LogP contribution in [0.5, 0.6) is 11.6 Å². The first kappa shape index (κ1) is 17.5. The zero-order valence-electron chi connectivity index (χ0n) is 14.3. The Balaban J connectivity index is 2.08. The molecule has 0 aliphatic carbocycles. The van der Waals surface area contributed by atoms with Gasteiger partial charge < -0.3 is 14.2 Å². The van der Waals surface area contributed by atoms with Crippen molar-refractivity contribution in [3.8, 4) is 28.6 Å². The van der Waals surface area contributed by atoms with Gasteiger partial charge in [-0.05, 0) is 31.2 Å². The van der Waals surface area contributed by atoms with Gasteiger partial charge in [0.1, 0.15) is 11.6 Å². The average Bonchev–Trinajstić information content (AvgIpc) is 3.05. The fraction of sp³-hybridized carbons (Fsp3) is 0.158. The van der Waals surface area contributed by atoms with E-state index in [1.807, 2.05) is 6.07 Å². The molecule has 0 spiro atoms. The van der Waals surface area contributed by atoms with Gasteiger partial charge in [-0.15, -0.1) is 5.10 Å². The molecule has 0 radical (unpaired) electrons. The molecule has 134 valence electrons. The number of methoxy groups -OCH3 is 1. The van der Waals surface area contributed by atoms with E-state index in [-0.39, 0.29) is 18.3 Å². The largest absolute Gasteiger partial charge is 0.515 e. The zero-order chi connectivity index (χ0) is 18.5.